The molecule has 1 aliphatic rings. The van der Waals surface area contributed by atoms with Crippen molar-refractivity contribution in [1.82, 2.24) is 9.80 Å². The molecule has 0 aromatic rings. The normalized spacial score (nSPS) is 27.1. The van der Waals surface area contributed by atoms with Crippen molar-refractivity contribution in [1.29, 1.82) is 0 Å². The van der Waals surface area contributed by atoms with Gasteiger partial charge in [0.25, 0.3) is 0 Å². The maximum absolute atomic E-state index is 13.3. The molecule has 0 radical (unpaired) electrons. The largest absolute Gasteiger partial charge is 0.295 e. The Kier molecular flexibility index (Phi) is 5.60. The highest BCUT2D eigenvalue weighted by Gasteiger charge is 2.30. The Labute approximate surface area is 105 Å². The molecule has 100 valence electrons. The molecule has 0 aliphatic carbocycles. The van der Waals surface area contributed by atoms with Gasteiger partial charge in [-0.15, -0.1) is 6.58 Å². The second-order valence-electron chi connectivity index (χ2n) is 5.47. The quantitative estimate of drug-likeness (QED) is 0.684. The Morgan fingerprint density at radius 1 is 1.29 bits per heavy atom. The molecule has 1 heterocycles. The van der Waals surface area contributed by atoms with E-state index in [0.717, 1.165) is 19.6 Å². The standard InChI is InChI=1S/C14H27FN2/c1-6-13(5)16-7-8-17(11(2)3)14(10-16)9-12(4)15/h6,11-14H,1,7-10H2,2-5H3. The van der Waals surface area contributed by atoms with Gasteiger partial charge in [-0.2, -0.15) is 0 Å². The van der Waals surface area contributed by atoms with E-state index in [1.54, 1.807) is 6.92 Å². The van der Waals surface area contributed by atoms with Crippen LogP contribution in [-0.4, -0.2) is 53.7 Å². The smallest absolute Gasteiger partial charge is 0.0989 e. The molecular formula is C14H27FN2. The monoisotopic (exact) mass is 242 g/mol. The highest BCUT2D eigenvalue weighted by molar-refractivity contribution is 4.92. The molecule has 0 aromatic heterocycles. The average Bonchev–Trinajstić information content (AvgIpc) is 2.26. The van der Waals surface area contributed by atoms with E-state index >= 15 is 0 Å². The van der Waals surface area contributed by atoms with Crippen LogP contribution in [0.2, 0.25) is 0 Å². The third kappa shape index (κ3) is 4.07. The number of nitrogens with zero attached hydrogens (tertiary/aromatic N) is 2. The minimum absolute atomic E-state index is 0.339. The van der Waals surface area contributed by atoms with Crippen LogP contribution in [0.4, 0.5) is 4.39 Å². The van der Waals surface area contributed by atoms with Crippen LogP contribution in [0.3, 0.4) is 0 Å². The summed E-state index contributed by atoms with van der Waals surface area (Å²) in [5.41, 5.74) is 0. The van der Waals surface area contributed by atoms with Crippen molar-refractivity contribution < 1.29 is 4.39 Å². The van der Waals surface area contributed by atoms with E-state index in [-0.39, 0.29) is 0 Å². The molecule has 0 amide bonds. The molecule has 3 unspecified atom stereocenters. The highest BCUT2D eigenvalue weighted by Crippen LogP contribution is 2.20. The molecule has 1 aliphatic heterocycles. The first-order chi connectivity index (χ1) is 7.95. The predicted molar refractivity (Wildman–Crippen MR) is 72.0 cm³/mol. The average molecular weight is 242 g/mol. The summed E-state index contributed by atoms with van der Waals surface area (Å²) in [5, 5.41) is 0. The summed E-state index contributed by atoms with van der Waals surface area (Å²) < 4.78 is 13.3. The molecule has 1 fully saturated rings. The van der Waals surface area contributed by atoms with Crippen molar-refractivity contribution in [2.24, 2.45) is 0 Å². The van der Waals surface area contributed by atoms with E-state index in [1.807, 2.05) is 6.08 Å². The first-order valence-corrected chi connectivity index (χ1v) is 6.72. The lowest BCUT2D eigenvalue weighted by molar-refractivity contribution is 0.0278. The lowest BCUT2D eigenvalue weighted by Gasteiger charge is -2.45. The molecule has 0 saturated carbocycles. The molecule has 1 rings (SSSR count). The van der Waals surface area contributed by atoms with Crippen molar-refractivity contribution in [2.75, 3.05) is 19.6 Å². The molecular weight excluding hydrogens is 215 g/mol. The molecule has 3 atom stereocenters. The fourth-order valence-electron chi connectivity index (χ4n) is 2.68. The Morgan fingerprint density at radius 3 is 2.41 bits per heavy atom. The summed E-state index contributed by atoms with van der Waals surface area (Å²) in [4.78, 5) is 4.83. The van der Waals surface area contributed by atoms with Gasteiger partial charge in [0, 0.05) is 37.8 Å². The zero-order chi connectivity index (χ0) is 13.0. The number of hydrogen-bond donors (Lipinski definition) is 0. The van der Waals surface area contributed by atoms with Crippen LogP contribution in [0.25, 0.3) is 0 Å². The minimum Gasteiger partial charge on any atom is -0.295 e. The summed E-state index contributed by atoms with van der Waals surface area (Å²) in [5.74, 6) is 0. The zero-order valence-corrected chi connectivity index (χ0v) is 11.7. The van der Waals surface area contributed by atoms with Crippen molar-refractivity contribution in [3.63, 3.8) is 0 Å². The lowest BCUT2D eigenvalue weighted by Crippen LogP contribution is -2.57. The Bertz CT molecular complexity index is 240. The molecule has 1 saturated heterocycles. The van der Waals surface area contributed by atoms with E-state index in [9.17, 15) is 4.39 Å². The predicted octanol–water partition coefficient (Wildman–Crippen LogP) is 2.70. The van der Waals surface area contributed by atoms with Crippen molar-refractivity contribution in [2.45, 2.75) is 58.4 Å². The van der Waals surface area contributed by atoms with E-state index in [4.69, 9.17) is 0 Å². The van der Waals surface area contributed by atoms with E-state index < -0.39 is 6.17 Å². The van der Waals surface area contributed by atoms with Crippen LogP contribution in [0.5, 0.6) is 0 Å². The van der Waals surface area contributed by atoms with Crippen molar-refractivity contribution in [3.05, 3.63) is 12.7 Å². The lowest BCUT2D eigenvalue weighted by atomic mass is 10.0. The fourth-order valence-corrected chi connectivity index (χ4v) is 2.68. The molecule has 0 N–H and O–H groups in total. The van der Waals surface area contributed by atoms with Gasteiger partial charge in [0.1, 0.15) is 0 Å². The Morgan fingerprint density at radius 2 is 1.94 bits per heavy atom. The second kappa shape index (κ2) is 6.50. The van der Waals surface area contributed by atoms with Gasteiger partial charge >= 0.3 is 0 Å². The van der Waals surface area contributed by atoms with E-state index in [0.29, 0.717) is 24.5 Å². The maximum Gasteiger partial charge on any atom is 0.0989 e. The van der Waals surface area contributed by atoms with Gasteiger partial charge in [0.2, 0.25) is 0 Å². The summed E-state index contributed by atoms with van der Waals surface area (Å²) in [6.07, 6.45) is 1.89. The topological polar surface area (TPSA) is 6.48 Å². The molecule has 17 heavy (non-hydrogen) atoms. The molecule has 3 heteroatoms. The molecule has 0 bridgehead atoms. The number of alkyl halides is 1. The first-order valence-electron chi connectivity index (χ1n) is 6.72. The van der Waals surface area contributed by atoms with Crippen LogP contribution in [0.1, 0.15) is 34.1 Å². The number of rotatable bonds is 5. The van der Waals surface area contributed by atoms with Gasteiger partial charge in [-0.05, 0) is 34.1 Å². The van der Waals surface area contributed by atoms with Gasteiger partial charge in [-0.25, -0.2) is 4.39 Å². The van der Waals surface area contributed by atoms with Gasteiger partial charge in [0.15, 0.2) is 0 Å². The summed E-state index contributed by atoms with van der Waals surface area (Å²) in [7, 11) is 0. The Hall–Kier alpha value is -0.410. The summed E-state index contributed by atoms with van der Waals surface area (Å²) in [6.45, 7) is 15.1. The van der Waals surface area contributed by atoms with Gasteiger partial charge in [-0.3, -0.25) is 9.80 Å². The number of halogens is 1. The number of hydrogen-bond acceptors (Lipinski definition) is 2. The minimum atomic E-state index is -0.722. The van der Waals surface area contributed by atoms with E-state index in [1.165, 1.54) is 0 Å². The van der Waals surface area contributed by atoms with Gasteiger partial charge in [-0.1, -0.05) is 6.08 Å². The van der Waals surface area contributed by atoms with Crippen LogP contribution in [-0.2, 0) is 0 Å². The third-order valence-electron chi connectivity index (χ3n) is 3.74. The van der Waals surface area contributed by atoms with Crippen molar-refractivity contribution in [3.8, 4) is 0 Å². The maximum atomic E-state index is 13.3. The van der Waals surface area contributed by atoms with Gasteiger partial charge < -0.3 is 0 Å². The molecule has 2 nitrogen and oxygen atoms in total. The van der Waals surface area contributed by atoms with Crippen LogP contribution >= 0.6 is 0 Å². The Balaban J connectivity index is 2.65. The molecule has 0 spiro atoms. The second-order valence-corrected chi connectivity index (χ2v) is 5.47. The van der Waals surface area contributed by atoms with Crippen LogP contribution < -0.4 is 0 Å². The van der Waals surface area contributed by atoms with Crippen LogP contribution in [0, 0.1) is 0 Å². The van der Waals surface area contributed by atoms with Crippen molar-refractivity contribution >= 4 is 0 Å². The summed E-state index contributed by atoms with van der Waals surface area (Å²) in [6, 6.07) is 1.23. The highest BCUT2D eigenvalue weighted by atomic mass is 19.1. The van der Waals surface area contributed by atoms with Crippen LogP contribution in [0.15, 0.2) is 12.7 Å². The van der Waals surface area contributed by atoms with E-state index in [2.05, 4.69) is 37.1 Å². The fraction of sp³-hybridized carbons (Fsp3) is 0.857. The first kappa shape index (κ1) is 14.7. The summed E-state index contributed by atoms with van der Waals surface area (Å²) >= 11 is 0. The zero-order valence-electron chi connectivity index (χ0n) is 11.7. The number of piperazine rings is 1. The van der Waals surface area contributed by atoms with Gasteiger partial charge in [0.05, 0.1) is 6.17 Å². The SMILES string of the molecule is C=CC(C)N1CCN(C(C)C)C(CC(C)F)C1. The third-order valence-corrected chi connectivity index (χ3v) is 3.74. The molecule has 0 aromatic carbocycles.